The topological polar surface area (TPSA) is 126 Å². The van der Waals surface area contributed by atoms with Gasteiger partial charge >= 0.3 is 0 Å². The zero-order valence-electron chi connectivity index (χ0n) is 16.0. The van der Waals surface area contributed by atoms with Crippen molar-refractivity contribution >= 4 is 41.3 Å². The van der Waals surface area contributed by atoms with Crippen LogP contribution in [0.2, 0.25) is 0 Å². The molecule has 2 amide bonds. The van der Waals surface area contributed by atoms with Crippen LogP contribution in [0.25, 0.3) is 0 Å². The number of rotatable bonds is 6. The first-order chi connectivity index (χ1) is 15.0. The number of pyridine rings is 1. The first kappa shape index (κ1) is 21.0. The van der Waals surface area contributed by atoms with Gasteiger partial charge in [-0.15, -0.1) is 11.8 Å². The smallest absolute Gasteiger partial charge is 0.253 e. The number of nitrogens with zero attached hydrogens (tertiary/aromatic N) is 3. The number of aromatic nitrogens is 1. The number of carbonyl (C=O) groups is 3. The van der Waals surface area contributed by atoms with Crippen LogP contribution in [0.1, 0.15) is 11.3 Å². The highest BCUT2D eigenvalue weighted by Crippen LogP contribution is 2.45. The van der Waals surface area contributed by atoms with E-state index in [0.717, 1.165) is 22.2 Å². The summed E-state index contributed by atoms with van der Waals surface area (Å²) < 4.78 is 0. The molecule has 1 aromatic heterocycles. The fourth-order valence-electron chi connectivity index (χ4n) is 3.35. The van der Waals surface area contributed by atoms with Crippen molar-refractivity contribution in [1.29, 1.82) is 5.26 Å². The zero-order chi connectivity index (χ0) is 22.0. The summed E-state index contributed by atoms with van der Waals surface area (Å²) in [6.07, 6.45) is 1.61. The minimum Gasteiger partial charge on any atom is -0.543 e. The molecule has 2 aromatic rings. The fourth-order valence-corrected chi connectivity index (χ4v) is 5.87. The number of fused-ring (bicyclic) bond motifs is 1. The van der Waals surface area contributed by atoms with Crippen molar-refractivity contribution in [1.82, 2.24) is 15.2 Å². The molecule has 4 rings (SSSR count). The molecule has 1 saturated heterocycles. The Balaban J connectivity index is 1.51. The monoisotopic (exact) mass is 451 g/mol. The first-order valence-corrected chi connectivity index (χ1v) is 11.1. The molecule has 3 heterocycles. The van der Waals surface area contributed by atoms with Crippen LogP contribution < -0.4 is 10.4 Å². The van der Waals surface area contributed by atoms with Gasteiger partial charge < -0.3 is 15.2 Å². The Morgan fingerprint density at radius 2 is 2.06 bits per heavy atom. The average Bonchev–Trinajstić information content (AvgIpc) is 2.78. The van der Waals surface area contributed by atoms with Crippen LogP contribution in [-0.2, 0) is 20.8 Å². The Morgan fingerprint density at radius 1 is 1.29 bits per heavy atom. The van der Waals surface area contributed by atoms with Gasteiger partial charge in [0, 0.05) is 21.8 Å². The molecule has 8 nitrogen and oxygen atoms in total. The largest absolute Gasteiger partial charge is 0.543 e. The molecular weight excluding hydrogens is 436 g/mol. The molecule has 2 aliphatic heterocycles. The number of nitrogens with one attached hydrogen (secondary N) is 1. The van der Waals surface area contributed by atoms with Crippen LogP contribution in [0.3, 0.4) is 0 Å². The molecule has 2 atom stereocenters. The Hall–Kier alpha value is -3.29. The van der Waals surface area contributed by atoms with Crippen molar-refractivity contribution in [2.75, 3.05) is 5.75 Å². The summed E-state index contributed by atoms with van der Waals surface area (Å²) in [6, 6.07) is 13.6. The molecule has 31 heavy (non-hydrogen) atoms. The molecule has 1 fully saturated rings. The van der Waals surface area contributed by atoms with Crippen molar-refractivity contribution in [2.24, 2.45) is 0 Å². The van der Waals surface area contributed by atoms with E-state index >= 15 is 0 Å². The van der Waals surface area contributed by atoms with E-state index in [0.29, 0.717) is 15.6 Å². The van der Waals surface area contributed by atoms with Gasteiger partial charge in [0.2, 0.25) is 5.91 Å². The standard InChI is InChI=1S/C21H16N4O4S2/c22-10-13-14(7-4-8-23-13)31-15-11-30-20-17(19(27)25(20)18(15)21(28)29)24-16(26)9-12-5-2-1-3-6-12/h1-8,17,20H,9,11H2,(H,24,26)(H,28,29)/p-1/t17-,20-/m1/s1. The summed E-state index contributed by atoms with van der Waals surface area (Å²) >= 11 is 2.43. The Kier molecular flexibility index (Phi) is 5.97. The third-order valence-corrected chi connectivity index (χ3v) is 7.36. The second-order valence-corrected chi connectivity index (χ2v) is 8.98. The predicted octanol–water partition coefficient (Wildman–Crippen LogP) is 0.649. The molecule has 156 valence electrons. The number of β-lactam (4-membered cyclic amide) rings is 1. The maximum Gasteiger partial charge on any atom is 0.253 e. The van der Waals surface area contributed by atoms with Crippen LogP contribution in [0, 0.1) is 11.3 Å². The lowest BCUT2D eigenvalue weighted by Crippen LogP contribution is -2.71. The van der Waals surface area contributed by atoms with Gasteiger partial charge in [0.15, 0.2) is 5.69 Å². The van der Waals surface area contributed by atoms with E-state index in [1.54, 1.807) is 12.1 Å². The summed E-state index contributed by atoms with van der Waals surface area (Å²) in [6.45, 7) is 0. The molecule has 0 unspecified atom stereocenters. The van der Waals surface area contributed by atoms with Crippen LogP contribution in [0.4, 0.5) is 0 Å². The summed E-state index contributed by atoms with van der Waals surface area (Å²) in [7, 11) is 0. The second kappa shape index (κ2) is 8.83. The van der Waals surface area contributed by atoms with Gasteiger partial charge in [0.05, 0.1) is 18.1 Å². The minimum absolute atomic E-state index is 0.129. The lowest BCUT2D eigenvalue weighted by atomic mass is 10.0. The lowest BCUT2D eigenvalue weighted by molar-refractivity contribution is -0.301. The predicted molar refractivity (Wildman–Crippen MR) is 112 cm³/mol. The number of nitriles is 1. The van der Waals surface area contributed by atoms with Gasteiger partial charge in [-0.2, -0.15) is 5.26 Å². The van der Waals surface area contributed by atoms with Crippen molar-refractivity contribution in [3.63, 3.8) is 0 Å². The molecule has 10 heteroatoms. The minimum atomic E-state index is -1.47. The van der Waals surface area contributed by atoms with Crippen LogP contribution >= 0.6 is 23.5 Å². The number of carbonyl (C=O) groups excluding carboxylic acids is 3. The summed E-state index contributed by atoms with van der Waals surface area (Å²) in [5.74, 6) is -1.98. The number of aliphatic carboxylic acids is 1. The van der Waals surface area contributed by atoms with E-state index in [-0.39, 0.29) is 23.7 Å². The van der Waals surface area contributed by atoms with Crippen molar-refractivity contribution in [2.45, 2.75) is 22.7 Å². The van der Waals surface area contributed by atoms with Gasteiger partial charge in [-0.25, -0.2) is 4.98 Å². The number of benzene rings is 1. The average molecular weight is 452 g/mol. The third-order valence-electron chi connectivity index (χ3n) is 4.76. The second-order valence-electron chi connectivity index (χ2n) is 6.74. The van der Waals surface area contributed by atoms with E-state index < -0.39 is 23.3 Å². The molecule has 0 aliphatic carbocycles. The summed E-state index contributed by atoms with van der Waals surface area (Å²) in [5, 5.41) is 23.3. The molecular formula is C21H15N4O4S2-. The molecule has 0 saturated carbocycles. The van der Waals surface area contributed by atoms with Crippen LogP contribution in [0.15, 0.2) is 64.2 Å². The van der Waals surface area contributed by atoms with Crippen molar-refractivity contribution in [3.8, 4) is 6.07 Å². The number of carboxylic acid groups (broad SMARTS) is 1. The number of thioether (sulfide) groups is 2. The number of amides is 2. The highest BCUT2D eigenvalue weighted by atomic mass is 32.2. The summed E-state index contributed by atoms with van der Waals surface area (Å²) in [4.78, 5) is 43.0. The highest BCUT2D eigenvalue weighted by Gasteiger charge is 2.53. The maximum atomic E-state index is 12.7. The third kappa shape index (κ3) is 4.15. The molecule has 0 bridgehead atoms. The Bertz CT molecular complexity index is 1130. The zero-order valence-corrected chi connectivity index (χ0v) is 17.6. The summed E-state index contributed by atoms with van der Waals surface area (Å²) in [5.41, 5.74) is 0.768. The lowest BCUT2D eigenvalue weighted by Gasteiger charge is -2.50. The maximum absolute atomic E-state index is 12.7. The molecule has 1 aromatic carbocycles. The highest BCUT2D eigenvalue weighted by molar-refractivity contribution is 8.06. The Labute approximate surface area is 186 Å². The normalized spacial score (nSPS) is 19.8. The van der Waals surface area contributed by atoms with Gasteiger partial charge in [0.25, 0.3) is 5.91 Å². The number of hydrogen-bond donors (Lipinski definition) is 1. The van der Waals surface area contributed by atoms with E-state index in [1.807, 2.05) is 36.4 Å². The van der Waals surface area contributed by atoms with Crippen LogP contribution in [-0.4, -0.2) is 44.8 Å². The Morgan fingerprint density at radius 3 is 2.77 bits per heavy atom. The SMILES string of the molecule is N#Cc1ncccc1SC1=C(C(=O)[O-])N2C(=O)[C@@H](NC(=O)Cc3ccccc3)[C@H]2SC1. The van der Waals surface area contributed by atoms with Gasteiger partial charge in [-0.3, -0.25) is 14.5 Å². The molecule has 2 aliphatic rings. The molecule has 1 N–H and O–H groups in total. The van der Waals surface area contributed by atoms with E-state index in [4.69, 9.17) is 0 Å². The quantitative estimate of drug-likeness (QED) is 0.635. The van der Waals surface area contributed by atoms with E-state index in [1.165, 1.54) is 18.0 Å². The number of carboxylic acids is 1. The van der Waals surface area contributed by atoms with Crippen molar-refractivity contribution in [3.05, 3.63) is 70.5 Å². The fraction of sp³-hybridized carbons (Fsp3) is 0.190. The first-order valence-electron chi connectivity index (χ1n) is 9.25. The van der Waals surface area contributed by atoms with Gasteiger partial charge in [-0.1, -0.05) is 42.1 Å². The van der Waals surface area contributed by atoms with Crippen LogP contribution in [0.5, 0.6) is 0 Å². The van der Waals surface area contributed by atoms with Gasteiger partial charge in [0.1, 0.15) is 17.5 Å². The van der Waals surface area contributed by atoms with E-state index in [9.17, 15) is 24.8 Å². The van der Waals surface area contributed by atoms with Crippen molar-refractivity contribution < 1.29 is 19.5 Å². The molecule has 0 spiro atoms. The molecule has 0 radical (unpaired) electrons. The van der Waals surface area contributed by atoms with Gasteiger partial charge in [-0.05, 0) is 17.7 Å². The number of hydrogen-bond acceptors (Lipinski definition) is 8. The van der Waals surface area contributed by atoms with E-state index in [2.05, 4.69) is 10.3 Å².